The minimum absolute atomic E-state index is 0.0231. The molecule has 2 aliphatic heterocycles. The van der Waals surface area contributed by atoms with Crippen LogP contribution in [0.2, 0.25) is 0 Å². The first-order chi connectivity index (χ1) is 12.3. The first-order valence-corrected chi connectivity index (χ1v) is 9.49. The summed E-state index contributed by atoms with van der Waals surface area (Å²) in [7, 11) is 0. The molecule has 4 rings (SSSR count). The number of anilines is 1. The number of nitrogens with one attached hydrogen (secondary N) is 1. The van der Waals surface area contributed by atoms with E-state index < -0.39 is 12.2 Å². The number of hydrogen-bond acceptors (Lipinski definition) is 3. The van der Waals surface area contributed by atoms with E-state index in [-0.39, 0.29) is 36.2 Å². The van der Waals surface area contributed by atoms with Crippen LogP contribution in [0.4, 0.5) is 19.0 Å². The molecule has 5 nitrogen and oxygen atoms in total. The summed E-state index contributed by atoms with van der Waals surface area (Å²) in [5.74, 6) is 0.752. The number of carbonyl (C=O) groups excluding carboxylic acids is 1. The summed E-state index contributed by atoms with van der Waals surface area (Å²) in [6.45, 7) is 4.52. The molecule has 0 spiro atoms. The molecule has 26 heavy (non-hydrogen) atoms. The minimum atomic E-state index is -4.34. The maximum atomic E-state index is 13.6. The van der Waals surface area contributed by atoms with Crippen molar-refractivity contribution in [3.8, 4) is 0 Å². The highest BCUT2D eigenvalue weighted by Crippen LogP contribution is 2.43. The van der Waals surface area contributed by atoms with Crippen LogP contribution in [-0.4, -0.2) is 39.4 Å². The lowest BCUT2D eigenvalue weighted by atomic mass is 9.94. The monoisotopic (exact) mass is 370 g/mol. The SMILES string of the molecule is CC(C)[C@@H]1C[C@H](C(F)(F)F)n2nc(C3CCCN3C(=O)C3CC3)cc2N1. The Bertz CT molecular complexity index is 695. The molecular weight excluding hydrogens is 345 g/mol. The smallest absolute Gasteiger partial charge is 0.367 e. The third-order valence-corrected chi connectivity index (χ3v) is 5.85. The van der Waals surface area contributed by atoms with Gasteiger partial charge >= 0.3 is 6.18 Å². The molecule has 1 amide bonds. The van der Waals surface area contributed by atoms with Crippen LogP contribution in [0.25, 0.3) is 0 Å². The number of aromatic nitrogens is 2. The van der Waals surface area contributed by atoms with Crippen molar-refractivity contribution in [1.29, 1.82) is 0 Å². The third kappa shape index (κ3) is 3.07. The van der Waals surface area contributed by atoms with Crippen LogP contribution in [0.3, 0.4) is 0 Å². The van der Waals surface area contributed by atoms with Crippen molar-refractivity contribution in [3.05, 3.63) is 11.8 Å². The Kier molecular flexibility index (Phi) is 4.19. The van der Waals surface area contributed by atoms with E-state index in [0.29, 0.717) is 18.1 Å². The molecule has 3 aliphatic rings. The third-order valence-electron chi connectivity index (χ3n) is 5.85. The molecule has 2 fully saturated rings. The van der Waals surface area contributed by atoms with Crippen LogP contribution in [0.5, 0.6) is 0 Å². The first-order valence-electron chi connectivity index (χ1n) is 9.49. The molecule has 1 aromatic heterocycles. The van der Waals surface area contributed by atoms with Crippen LogP contribution in [0.15, 0.2) is 6.07 Å². The van der Waals surface area contributed by atoms with E-state index in [1.807, 2.05) is 18.7 Å². The molecule has 1 unspecified atom stereocenters. The minimum Gasteiger partial charge on any atom is -0.367 e. The van der Waals surface area contributed by atoms with Gasteiger partial charge in [0.25, 0.3) is 0 Å². The molecule has 1 saturated heterocycles. The quantitative estimate of drug-likeness (QED) is 0.878. The highest BCUT2D eigenvalue weighted by atomic mass is 19.4. The van der Waals surface area contributed by atoms with E-state index >= 15 is 0 Å². The number of fused-ring (bicyclic) bond motifs is 1. The second-order valence-electron chi connectivity index (χ2n) is 8.15. The van der Waals surface area contributed by atoms with Crippen molar-refractivity contribution in [3.63, 3.8) is 0 Å². The van der Waals surface area contributed by atoms with Crippen LogP contribution in [0, 0.1) is 11.8 Å². The van der Waals surface area contributed by atoms with Gasteiger partial charge in [0.05, 0.1) is 11.7 Å². The lowest BCUT2D eigenvalue weighted by Gasteiger charge is -2.35. The fourth-order valence-electron chi connectivity index (χ4n) is 4.12. The molecule has 8 heteroatoms. The summed E-state index contributed by atoms with van der Waals surface area (Å²) in [6.07, 6.45) is -0.878. The number of carbonyl (C=O) groups is 1. The topological polar surface area (TPSA) is 50.2 Å². The largest absolute Gasteiger partial charge is 0.410 e. The summed E-state index contributed by atoms with van der Waals surface area (Å²) < 4.78 is 41.9. The van der Waals surface area contributed by atoms with Crippen LogP contribution < -0.4 is 5.32 Å². The molecule has 0 bridgehead atoms. The van der Waals surface area contributed by atoms with Crippen molar-refractivity contribution in [2.75, 3.05) is 11.9 Å². The Balaban J connectivity index is 1.65. The molecule has 1 aromatic rings. The van der Waals surface area contributed by atoms with Crippen molar-refractivity contribution in [2.45, 2.75) is 70.3 Å². The Morgan fingerprint density at radius 3 is 2.65 bits per heavy atom. The Morgan fingerprint density at radius 1 is 1.31 bits per heavy atom. The number of likely N-dealkylation sites (tertiary alicyclic amines) is 1. The van der Waals surface area contributed by atoms with E-state index in [9.17, 15) is 18.0 Å². The first kappa shape index (κ1) is 17.7. The van der Waals surface area contributed by atoms with E-state index in [1.165, 1.54) is 0 Å². The Morgan fingerprint density at radius 2 is 2.04 bits per heavy atom. The van der Waals surface area contributed by atoms with E-state index in [1.54, 1.807) is 6.07 Å². The second-order valence-corrected chi connectivity index (χ2v) is 8.15. The predicted molar refractivity (Wildman–Crippen MR) is 90.6 cm³/mol. The predicted octanol–water partition coefficient (Wildman–Crippen LogP) is 3.90. The van der Waals surface area contributed by atoms with Gasteiger partial charge in [0.1, 0.15) is 5.82 Å². The number of nitrogens with zero attached hydrogens (tertiary/aromatic N) is 3. The Hall–Kier alpha value is -1.73. The van der Waals surface area contributed by atoms with Gasteiger partial charge in [-0.1, -0.05) is 13.8 Å². The average molecular weight is 370 g/mol. The van der Waals surface area contributed by atoms with E-state index in [0.717, 1.165) is 30.4 Å². The molecule has 1 N–H and O–H groups in total. The normalized spacial score (nSPS) is 29.0. The molecule has 0 radical (unpaired) electrons. The zero-order valence-corrected chi connectivity index (χ0v) is 15.1. The van der Waals surface area contributed by atoms with Gasteiger partial charge in [0.2, 0.25) is 5.91 Å². The van der Waals surface area contributed by atoms with Crippen LogP contribution in [-0.2, 0) is 4.79 Å². The number of rotatable bonds is 3. The van der Waals surface area contributed by atoms with Crippen molar-refractivity contribution < 1.29 is 18.0 Å². The van der Waals surface area contributed by atoms with Gasteiger partial charge in [-0.3, -0.25) is 4.79 Å². The highest BCUT2D eigenvalue weighted by Gasteiger charge is 2.47. The van der Waals surface area contributed by atoms with Gasteiger partial charge in [0.15, 0.2) is 6.04 Å². The standard InChI is InChI=1S/C18H25F3N4O/c1-10(2)12-8-15(18(19,20)21)25-16(22-12)9-13(23-25)14-4-3-7-24(14)17(26)11-5-6-11/h9-12,14-15,22H,3-8H2,1-2H3/t12-,14?,15+/m0/s1. The zero-order chi connectivity index (χ0) is 18.6. The summed E-state index contributed by atoms with van der Waals surface area (Å²) >= 11 is 0. The maximum Gasteiger partial charge on any atom is 0.410 e. The molecule has 3 atom stereocenters. The molecule has 3 heterocycles. The van der Waals surface area contributed by atoms with Gasteiger partial charge in [0, 0.05) is 24.6 Å². The maximum absolute atomic E-state index is 13.6. The van der Waals surface area contributed by atoms with Crippen LogP contribution in [0.1, 0.15) is 63.7 Å². The average Bonchev–Trinajstić information content (AvgIpc) is 3.15. The van der Waals surface area contributed by atoms with Gasteiger partial charge in [-0.25, -0.2) is 4.68 Å². The Labute approximate surface area is 150 Å². The summed E-state index contributed by atoms with van der Waals surface area (Å²) in [4.78, 5) is 14.3. The van der Waals surface area contributed by atoms with E-state index in [2.05, 4.69) is 10.4 Å². The molecule has 0 aromatic carbocycles. The number of amides is 1. The molecule has 144 valence electrons. The molecular formula is C18H25F3N4O. The van der Waals surface area contributed by atoms with Crippen molar-refractivity contribution in [2.24, 2.45) is 11.8 Å². The lowest BCUT2D eigenvalue weighted by molar-refractivity contribution is -0.174. The van der Waals surface area contributed by atoms with Gasteiger partial charge in [-0.2, -0.15) is 18.3 Å². The van der Waals surface area contributed by atoms with Gasteiger partial charge in [-0.15, -0.1) is 0 Å². The zero-order valence-electron chi connectivity index (χ0n) is 15.1. The fraction of sp³-hybridized carbons (Fsp3) is 0.778. The number of alkyl halides is 3. The van der Waals surface area contributed by atoms with Gasteiger partial charge in [-0.05, 0) is 38.0 Å². The van der Waals surface area contributed by atoms with E-state index in [4.69, 9.17) is 0 Å². The lowest BCUT2D eigenvalue weighted by Crippen LogP contribution is -2.41. The van der Waals surface area contributed by atoms with Crippen molar-refractivity contribution >= 4 is 11.7 Å². The number of halogens is 3. The highest BCUT2D eigenvalue weighted by molar-refractivity contribution is 5.81. The second kappa shape index (κ2) is 6.16. The molecule has 1 saturated carbocycles. The van der Waals surface area contributed by atoms with Crippen LogP contribution >= 0.6 is 0 Å². The van der Waals surface area contributed by atoms with Crippen molar-refractivity contribution in [1.82, 2.24) is 14.7 Å². The number of hydrogen-bond donors (Lipinski definition) is 1. The molecule has 1 aliphatic carbocycles. The van der Waals surface area contributed by atoms with Gasteiger partial charge < -0.3 is 10.2 Å². The summed E-state index contributed by atoms with van der Waals surface area (Å²) in [6, 6.07) is -0.342. The summed E-state index contributed by atoms with van der Waals surface area (Å²) in [5.41, 5.74) is 0.581. The fourth-order valence-corrected chi connectivity index (χ4v) is 4.12. The summed E-state index contributed by atoms with van der Waals surface area (Å²) in [5, 5.41) is 7.55.